The van der Waals surface area contributed by atoms with E-state index in [1.54, 1.807) is 0 Å². The van der Waals surface area contributed by atoms with Crippen LogP contribution in [0.3, 0.4) is 0 Å². The van der Waals surface area contributed by atoms with Crippen molar-refractivity contribution in [1.82, 2.24) is 30.5 Å². The predicted octanol–water partition coefficient (Wildman–Crippen LogP) is 5.42. The zero-order chi connectivity index (χ0) is 33.3. The van der Waals surface area contributed by atoms with Gasteiger partial charge in [-0.05, 0) is 87.7 Å². The number of alkyl halides is 1. The maximum absolute atomic E-state index is 16.4. The molecular formula is C36H42F2N6O4. The maximum Gasteiger partial charge on any atom is 0.407 e. The number of halogens is 2. The average molecular weight is 661 g/mol. The second-order valence-corrected chi connectivity index (χ2v) is 13.6. The third-order valence-electron chi connectivity index (χ3n) is 10.0. The summed E-state index contributed by atoms with van der Waals surface area (Å²) in [5.74, 6) is -0.719. The highest BCUT2D eigenvalue weighted by Gasteiger charge is 2.38. The van der Waals surface area contributed by atoms with Crippen molar-refractivity contribution < 1.29 is 23.0 Å². The van der Waals surface area contributed by atoms with Crippen molar-refractivity contribution >= 4 is 27.8 Å². The third kappa shape index (κ3) is 6.73. The van der Waals surface area contributed by atoms with Crippen molar-refractivity contribution in [3.63, 3.8) is 0 Å². The van der Waals surface area contributed by atoms with E-state index in [1.807, 2.05) is 43.3 Å². The lowest BCUT2D eigenvalue weighted by Gasteiger charge is -2.34. The van der Waals surface area contributed by atoms with Gasteiger partial charge in [0.1, 0.15) is 23.5 Å². The number of hydrogen-bond acceptors (Lipinski definition) is 8. The highest BCUT2D eigenvalue weighted by atomic mass is 19.1. The minimum atomic E-state index is -0.931. The summed E-state index contributed by atoms with van der Waals surface area (Å²) in [5.41, 5.74) is 0.600. The number of carbonyl (C=O) groups is 1. The Morgan fingerprint density at radius 2 is 2.02 bits per heavy atom. The number of rotatable bonds is 8. The molecule has 0 saturated carbocycles. The Morgan fingerprint density at radius 1 is 1.17 bits per heavy atom. The van der Waals surface area contributed by atoms with E-state index in [1.165, 1.54) is 6.20 Å². The highest BCUT2D eigenvalue weighted by molar-refractivity contribution is 5.99. The molecule has 0 unspecified atom stereocenters. The number of aromatic nitrogens is 3. The molecule has 48 heavy (non-hydrogen) atoms. The van der Waals surface area contributed by atoms with Crippen molar-refractivity contribution in [2.75, 3.05) is 32.8 Å². The molecule has 0 radical (unpaired) electrons. The predicted molar refractivity (Wildman–Crippen MR) is 180 cm³/mol. The number of aromatic amines is 1. The quantitative estimate of drug-likeness (QED) is 0.214. The van der Waals surface area contributed by atoms with Gasteiger partial charge in [0.15, 0.2) is 5.82 Å². The van der Waals surface area contributed by atoms with E-state index in [4.69, 9.17) is 9.47 Å². The second-order valence-electron chi connectivity index (χ2n) is 13.6. The van der Waals surface area contributed by atoms with Crippen LogP contribution in [0.25, 0.3) is 32.9 Å². The fourth-order valence-corrected chi connectivity index (χ4v) is 7.65. The fraction of sp³-hybridized carbons (Fsp3) is 0.500. The molecule has 2 aromatic heterocycles. The van der Waals surface area contributed by atoms with Crippen LogP contribution in [-0.2, 0) is 11.2 Å². The number of pyridine rings is 1. The zero-order valence-corrected chi connectivity index (χ0v) is 27.2. The van der Waals surface area contributed by atoms with Gasteiger partial charge >= 0.3 is 6.09 Å². The summed E-state index contributed by atoms with van der Waals surface area (Å²) in [4.78, 5) is 39.2. The van der Waals surface area contributed by atoms with Crippen LogP contribution in [0.15, 0.2) is 47.4 Å². The van der Waals surface area contributed by atoms with Gasteiger partial charge in [-0.25, -0.2) is 13.6 Å². The standard InChI is InChI=1S/C36H42F2N6O4/c1-36(15-6-16-39-21-36)43-35(46)47-18-5-10-23-8-2-7-22-9-3-11-25(29(22)23)31-30(38)32-26(19-40-31)33(45)42-34(41-32)48-28-14-13-24(37)20-44-17-4-12-27(28)44/h2-3,7-9,11,19,24,27-28,39H,4-6,10,12-18,20-21H2,1H3,(H,43,46)(H,41,42,45)/t24-,27-,28-,36-/m1/s1. The molecule has 4 aromatic rings. The Hall–Kier alpha value is -4.16. The Bertz CT molecular complexity index is 1860. The summed E-state index contributed by atoms with van der Waals surface area (Å²) >= 11 is 0. The van der Waals surface area contributed by atoms with E-state index >= 15 is 4.39 Å². The molecule has 0 aliphatic carbocycles. The Balaban J connectivity index is 1.13. The van der Waals surface area contributed by atoms with Crippen molar-refractivity contribution in [3.8, 4) is 17.3 Å². The number of alkyl carbamates (subject to hydrolysis) is 1. The Kier molecular flexibility index (Phi) is 9.28. The van der Waals surface area contributed by atoms with Crippen LogP contribution in [0.4, 0.5) is 13.6 Å². The summed E-state index contributed by atoms with van der Waals surface area (Å²) < 4.78 is 42.6. The van der Waals surface area contributed by atoms with Crippen molar-refractivity contribution in [2.45, 2.75) is 82.1 Å². The first-order chi connectivity index (χ1) is 23.3. The van der Waals surface area contributed by atoms with Gasteiger partial charge in [-0.15, -0.1) is 0 Å². The average Bonchev–Trinajstić information content (AvgIpc) is 3.47. The molecule has 5 heterocycles. The monoisotopic (exact) mass is 660 g/mol. The van der Waals surface area contributed by atoms with Gasteiger partial charge in [0, 0.05) is 30.9 Å². The van der Waals surface area contributed by atoms with E-state index in [9.17, 15) is 14.0 Å². The van der Waals surface area contributed by atoms with Crippen LogP contribution in [0.5, 0.6) is 6.01 Å². The van der Waals surface area contributed by atoms with Crippen molar-refractivity contribution in [1.29, 1.82) is 0 Å². The number of H-pyrrole nitrogens is 1. The summed E-state index contributed by atoms with van der Waals surface area (Å²) in [6.45, 7) is 5.09. The molecule has 0 spiro atoms. The first kappa shape index (κ1) is 32.4. The van der Waals surface area contributed by atoms with Crippen LogP contribution in [0.1, 0.15) is 57.4 Å². The molecule has 7 rings (SSSR count). The minimum absolute atomic E-state index is 0.0181. The number of nitrogens with zero attached hydrogens (tertiary/aromatic N) is 3. The molecule has 3 aliphatic rings. The number of fused-ring (bicyclic) bond motifs is 3. The Morgan fingerprint density at radius 3 is 2.85 bits per heavy atom. The topological polar surface area (TPSA) is 121 Å². The van der Waals surface area contributed by atoms with E-state index in [0.29, 0.717) is 44.3 Å². The molecule has 0 bridgehead atoms. The molecule has 254 valence electrons. The van der Waals surface area contributed by atoms with E-state index in [0.717, 1.165) is 55.1 Å². The molecule has 3 saturated heterocycles. The molecule has 3 fully saturated rings. The summed E-state index contributed by atoms with van der Waals surface area (Å²) in [5, 5.41) is 8.06. The van der Waals surface area contributed by atoms with E-state index in [2.05, 4.69) is 30.5 Å². The summed E-state index contributed by atoms with van der Waals surface area (Å²) in [7, 11) is 0. The minimum Gasteiger partial charge on any atom is -0.460 e. The molecule has 12 heteroatoms. The lowest BCUT2D eigenvalue weighted by Crippen LogP contribution is -2.55. The third-order valence-corrected chi connectivity index (χ3v) is 10.0. The first-order valence-corrected chi connectivity index (χ1v) is 17.1. The summed E-state index contributed by atoms with van der Waals surface area (Å²) in [6, 6.07) is 11.5. The Labute approximate surface area is 277 Å². The number of amides is 1. The first-order valence-electron chi connectivity index (χ1n) is 17.1. The number of carbonyl (C=O) groups excluding carboxylic acids is 1. The van der Waals surface area contributed by atoms with E-state index in [-0.39, 0.29) is 46.9 Å². The number of hydrogen-bond donors (Lipinski definition) is 3. The molecule has 3 N–H and O–H groups in total. The SMILES string of the molecule is C[C@@]1(NC(=O)OCCCc2cccc3cccc(-c4ncc5c(=O)[nH]c(O[C@@H]6CC[C@@H](F)CN7CCC[C@H]67)nc5c4F)c23)CCCNC1. The number of aryl methyl sites for hydroxylation is 1. The second kappa shape index (κ2) is 13.8. The lowest BCUT2D eigenvalue weighted by molar-refractivity contribution is 0.0907. The van der Waals surface area contributed by atoms with Crippen molar-refractivity contribution in [2.24, 2.45) is 0 Å². The molecule has 1 amide bonds. The van der Waals surface area contributed by atoms with Gasteiger partial charge in [0.2, 0.25) is 0 Å². The van der Waals surface area contributed by atoms with Gasteiger partial charge in [0.05, 0.1) is 17.5 Å². The highest BCUT2D eigenvalue weighted by Crippen LogP contribution is 2.35. The van der Waals surface area contributed by atoms with Crippen molar-refractivity contribution in [3.05, 3.63) is 64.3 Å². The van der Waals surface area contributed by atoms with E-state index < -0.39 is 23.6 Å². The normalized spacial score (nSPS) is 24.7. The van der Waals surface area contributed by atoms with Crippen LogP contribution >= 0.6 is 0 Å². The van der Waals surface area contributed by atoms with Gasteiger partial charge in [0.25, 0.3) is 11.6 Å². The molecule has 4 atom stereocenters. The van der Waals surface area contributed by atoms with Gasteiger partial charge in [-0.1, -0.05) is 36.4 Å². The number of nitrogens with one attached hydrogen (secondary N) is 3. The van der Waals surface area contributed by atoms with Crippen LogP contribution in [0, 0.1) is 5.82 Å². The van der Waals surface area contributed by atoms with Gasteiger partial charge < -0.3 is 20.1 Å². The lowest BCUT2D eigenvalue weighted by atomic mass is 9.93. The smallest absolute Gasteiger partial charge is 0.407 e. The van der Waals surface area contributed by atoms with Crippen LogP contribution < -0.4 is 20.9 Å². The maximum atomic E-state index is 16.4. The number of piperidine rings is 1. The summed E-state index contributed by atoms with van der Waals surface area (Å²) in [6.07, 6.45) is 5.35. The molecule has 2 aromatic carbocycles. The van der Waals surface area contributed by atoms with Gasteiger partial charge in [-0.2, -0.15) is 4.98 Å². The van der Waals surface area contributed by atoms with Crippen LogP contribution in [-0.4, -0.2) is 82.6 Å². The number of benzene rings is 2. The van der Waals surface area contributed by atoms with Gasteiger partial charge in [-0.3, -0.25) is 19.7 Å². The fourth-order valence-electron chi connectivity index (χ4n) is 7.65. The zero-order valence-electron chi connectivity index (χ0n) is 27.2. The molecule has 10 nitrogen and oxygen atoms in total. The molecule has 3 aliphatic heterocycles. The number of ether oxygens (including phenoxy) is 2. The largest absolute Gasteiger partial charge is 0.460 e. The van der Waals surface area contributed by atoms with Crippen LogP contribution in [0.2, 0.25) is 0 Å². The molecular weight excluding hydrogens is 618 g/mol.